The molecule has 0 aliphatic heterocycles. The quantitative estimate of drug-likeness (QED) is 0.414. The third-order valence-electron chi connectivity index (χ3n) is 2.88. The van der Waals surface area contributed by atoms with Crippen LogP contribution >= 0.6 is 0 Å². The summed E-state index contributed by atoms with van der Waals surface area (Å²) in [7, 11) is -3.48. The SMILES string of the molecule is CS(=O)(=O)Nc1ccc(Oc2ccc(F)cc2)c(C=CC(=O)NO)c1. The van der Waals surface area contributed by atoms with Crippen LogP contribution in [0.25, 0.3) is 6.08 Å². The smallest absolute Gasteiger partial charge is 0.267 e. The molecule has 2 aromatic carbocycles. The first-order valence-corrected chi connectivity index (χ1v) is 8.83. The summed E-state index contributed by atoms with van der Waals surface area (Å²) in [6.07, 6.45) is 3.37. The number of sulfonamides is 1. The molecule has 0 aliphatic carbocycles. The van der Waals surface area contributed by atoms with Gasteiger partial charge in [-0.3, -0.25) is 14.7 Å². The summed E-state index contributed by atoms with van der Waals surface area (Å²) in [6, 6.07) is 9.71. The number of hydrogen-bond donors (Lipinski definition) is 3. The van der Waals surface area contributed by atoms with Crippen LogP contribution < -0.4 is 14.9 Å². The molecule has 0 bridgehead atoms. The number of hydrogen-bond acceptors (Lipinski definition) is 5. The second-order valence-electron chi connectivity index (χ2n) is 4.99. The second kappa shape index (κ2) is 7.77. The molecule has 0 atom stereocenters. The Morgan fingerprint density at radius 1 is 1.20 bits per heavy atom. The molecular formula is C16H15FN2O5S. The van der Waals surface area contributed by atoms with Gasteiger partial charge in [-0.15, -0.1) is 0 Å². The van der Waals surface area contributed by atoms with E-state index in [1.807, 2.05) is 0 Å². The third-order valence-corrected chi connectivity index (χ3v) is 3.49. The Bertz CT molecular complexity index is 895. The van der Waals surface area contributed by atoms with Gasteiger partial charge in [-0.25, -0.2) is 18.3 Å². The van der Waals surface area contributed by atoms with Crippen LogP contribution in [-0.4, -0.2) is 25.8 Å². The van der Waals surface area contributed by atoms with Crippen LogP contribution in [0.4, 0.5) is 10.1 Å². The predicted molar refractivity (Wildman–Crippen MR) is 90.3 cm³/mol. The van der Waals surface area contributed by atoms with Gasteiger partial charge in [-0.2, -0.15) is 0 Å². The van der Waals surface area contributed by atoms with E-state index in [1.54, 1.807) is 0 Å². The summed E-state index contributed by atoms with van der Waals surface area (Å²) in [5, 5.41) is 8.54. The molecule has 3 N–H and O–H groups in total. The number of carbonyl (C=O) groups excluding carboxylic acids is 1. The lowest BCUT2D eigenvalue weighted by Crippen LogP contribution is -2.14. The molecular weight excluding hydrogens is 351 g/mol. The van der Waals surface area contributed by atoms with Crippen molar-refractivity contribution in [2.24, 2.45) is 0 Å². The molecule has 0 radical (unpaired) electrons. The molecule has 0 heterocycles. The van der Waals surface area contributed by atoms with Crippen molar-refractivity contribution in [2.45, 2.75) is 0 Å². The highest BCUT2D eigenvalue weighted by Crippen LogP contribution is 2.29. The fourth-order valence-electron chi connectivity index (χ4n) is 1.88. The fourth-order valence-corrected chi connectivity index (χ4v) is 2.44. The standard InChI is InChI=1S/C16H15FN2O5S/c1-25(22,23)19-13-5-8-15(11(10-13)2-9-16(20)18-21)24-14-6-3-12(17)4-7-14/h2-10,19,21H,1H3,(H,18,20). The van der Waals surface area contributed by atoms with Crippen molar-refractivity contribution < 1.29 is 27.5 Å². The molecule has 0 aromatic heterocycles. The molecule has 7 nitrogen and oxygen atoms in total. The molecule has 9 heteroatoms. The topological polar surface area (TPSA) is 105 Å². The number of nitrogens with one attached hydrogen (secondary N) is 2. The fraction of sp³-hybridized carbons (Fsp3) is 0.0625. The molecule has 0 unspecified atom stereocenters. The summed E-state index contributed by atoms with van der Waals surface area (Å²) in [4.78, 5) is 11.2. The Morgan fingerprint density at radius 3 is 2.48 bits per heavy atom. The third kappa shape index (κ3) is 5.90. The van der Waals surface area contributed by atoms with Crippen LogP contribution in [0.5, 0.6) is 11.5 Å². The van der Waals surface area contributed by atoms with E-state index in [0.29, 0.717) is 17.1 Å². The van der Waals surface area contributed by atoms with Crippen molar-refractivity contribution in [1.82, 2.24) is 5.48 Å². The number of ether oxygens (including phenoxy) is 1. The molecule has 2 rings (SSSR count). The first-order valence-electron chi connectivity index (χ1n) is 6.94. The van der Waals surface area contributed by atoms with Gasteiger partial charge in [0, 0.05) is 17.3 Å². The van der Waals surface area contributed by atoms with Crippen LogP contribution in [0.15, 0.2) is 48.5 Å². The predicted octanol–water partition coefficient (Wildman–Crippen LogP) is 2.51. The van der Waals surface area contributed by atoms with Gasteiger partial charge in [-0.05, 0) is 48.5 Å². The molecule has 25 heavy (non-hydrogen) atoms. The van der Waals surface area contributed by atoms with Gasteiger partial charge < -0.3 is 4.74 Å². The number of halogens is 1. The van der Waals surface area contributed by atoms with Gasteiger partial charge in [0.05, 0.1) is 6.26 Å². The lowest BCUT2D eigenvalue weighted by atomic mass is 10.1. The Hall–Kier alpha value is -2.91. The summed E-state index contributed by atoms with van der Waals surface area (Å²) in [5.41, 5.74) is 2.07. The van der Waals surface area contributed by atoms with Gasteiger partial charge in [0.15, 0.2) is 0 Å². The normalized spacial score (nSPS) is 11.3. The maximum absolute atomic E-state index is 13.0. The van der Waals surface area contributed by atoms with Crippen molar-refractivity contribution in [3.05, 3.63) is 59.9 Å². The number of rotatable bonds is 6. The Kier molecular flexibility index (Phi) is 5.73. The number of carbonyl (C=O) groups is 1. The highest BCUT2D eigenvalue weighted by molar-refractivity contribution is 7.92. The average Bonchev–Trinajstić information content (AvgIpc) is 2.55. The van der Waals surface area contributed by atoms with Gasteiger partial charge in [0.25, 0.3) is 5.91 Å². The maximum atomic E-state index is 13.0. The van der Waals surface area contributed by atoms with E-state index in [-0.39, 0.29) is 5.69 Å². The number of benzene rings is 2. The van der Waals surface area contributed by atoms with Crippen LogP contribution in [0, 0.1) is 5.82 Å². The maximum Gasteiger partial charge on any atom is 0.267 e. The molecule has 0 aliphatic rings. The summed E-state index contributed by atoms with van der Waals surface area (Å²) >= 11 is 0. The van der Waals surface area contributed by atoms with Gasteiger partial charge in [0.1, 0.15) is 17.3 Å². The zero-order chi connectivity index (χ0) is 18.4. The van der Waals surface area contributed by atoms with Crippen LogP contribution in [-0.2, 0) is 14.8 Å². The summed E-state index contributed by atoms with van der Waals surface area (Å²) < 4.78 is 43.6. The Balaban J connectivity index is 2.37. The zero-order valence-electron chi connectivity index (χ0n) is 13.1. The van der Waals surface area contributed by atoms with Crippen molar-refractivity contribution in [2.75, 3.05) is 11.0 Å². The van der Waals surface area contributed by atoms with E-state index >= 15 is 0 Å². The van der Waals surface area contributed by atoms with Crippen molar-refractivity contribution in [3.63, 3.8) is 0 Å². The molecule has 2 aromatic rings. The minimum absolute atomic E-state index is 0.262. The minimum Gasteiger partial charge on any atom is -0.457 e. The Morgan fingerprint density at radius 2 is 1.88 bits per heavy atom. The van der Waals surface area contributed by atoms with Gasteiger partial charge in [0.2, 0.25) is 10.0 Å². The first kappa shape index (κ1) is 18.4. The molecule has 1 amide bonds. The zero-order valence-corrected chi connectivity index (χ0v) is 13.9. The number of hydroxylamine groups is 1. The summed E-state index contributed by atoms with van der Waals surface area (Å²) in [6.45, 7) is 0. The second-order valence-corrected chi connectivity index (χ2v) is 6.74. The van der Waals surface area contributed by atoms with Crippen LogP contribution in [0.3, 0.4) is 0 Å². The molecule has 132 valence electrons. The highest BCUT2D eigenvalue weighted by atomic mass is 32.2. The van der Waals surface area contributed by atoms with E-state index < -0.39 is 21.7 Å². The molecule has 0 saturated carbocycles. The molecule has 0 spiro atoms. The monoisotopic (exact) mass is 366 g/mol. The minimum atomic E-state index is -3.48. The van der Waals surface area contributed by atoms with Crippen molar-refractivity contribution in [3.8, 4) is 11.5 Å². The van der Waals surface area contributed by atoms with Crippen molar-refractivity contribution in [1.29, 1.82) is 0 Å². The van der Waals surface area contributed by atoms with E-state index in [0.717, 1.165) is 12.3 Å². The van der Waals surface area contributed by atoms with Gasteiger partial charge >= 0.3 is 0 Å². The average molecular weight is 366 g/mol. The highest BCUT2D eigenvalue weighted by Gasteiger charge is 2.08. The Labute approximate surface area is 143 Å². The van der Waals surface area contributed by atoms with Crippen LogP contribution in [0.1, 0.15) is 5.56 Å². The lowest BCUT2D eigenvalue weighted by Gasteiger charge is -2.11. The van der Waals surface area contributed by atoms with E-state index in [4.69, 9.17) is 9.94 Å². The first-order chi connectivity index (χ1) is 11.8. The largest absolute Gasteiger partial charge is 0.457 e. The lowest BCUT2D eigenvalue weighted by molar-refractivity contribution is -0.124. The van der Waals surface area contributed by atoms with Crippen LogP contribution in [0.2, 0.25) is 0 Å². The van der Waals surface area contributed by atoms with E-state index in [9.17, 15) is 17.6 Å². The van der Waals surface area contributed by atoms with Crippen molar-refractivity contribution >= 4 is 27.7 Å². The van der Waals surface area contributed by atoms with E-state index in [2.05, 4.69) is 4.72 Å². The summed E-state index contributed by atoms with van der Waals surface area (Å²) in [5.74, 6) is -0.534. The number of amides is 1. The van der Waals surface area contributed by atoms with Gasteiger partial charge in [-0.1, -0.05) is 0 Å². The molecule has 0 saturated heterocycles. The number of anilines is 1. The van der Waals surface area contributed by atoms with E-state index in [1.165, 1.54) is 54.0 Å². The molecule has 0 fully saturated rings.